The van der Waals surface area contributed by atoms with Gasteiger partial charge in [-0.3, -0.25) is 10.1 Å². The van der Waals surface area contributed by atoms with E-state index in [1.54, 1.807) is 0 Å². The van der Waals surface area contributed by atoms with Gasteiger partial charge in [-0.2, -0.15) is 4.31 Å². The highest BCUT2D eigenvalue weighted by Crippen LogP contribution is 2.31. The lowest BCUT2D eigenvalue weighted by Gasteiger charge is -2.27. The molecule has 1 aliphatic rings. The SMILES string of the molecule is CCCN(C1CCNC1)S(=O)(=O)c1cc(Br)ccc1[N+](=O)[O-].Cl. The van der Waals surface area contributed by atoms with Crippen molar-refractivity contribution < 1.29 is 13.3 Å². The molecule has 1 fully saturated rings. The number of hydrogen-bond donors (Lipinski definition) is 1. The Morgan fingerprint density at radius 2 is 2.17 bits per heavy atom. The van der Waals surface area contributed by atoms with Gasteiger partial charge in [0.05, 0.1) is 4.92 Å². The van der Waals surface area contributed by atoms with Crippen molar-refractivity contribution in [3.63, 3.8) is 0 Å². The Balaban J connectivity index is 0.00000264. The highest BCUT2D eigenvalue weighted by Gasteiger charge is 2.36. The van der Waals surface area contributed by atoms with Crippen LogP contribution < -0.4 is 5.32 Å². The second-order valence-corrected chi connectivity index (χ2v) is 7.91. The predicted molar refractivity (Wildman–Crippen MR) is 93.5 cm³/mol. The minimum atomic E-state index is -3.92. The van der Waals surface area contributed by atoms with Crippen molar-refractivity contribution in [1.82, 2.24) is 9.62 Å². The second-order valence-electron chi connectivity index (χ2n) is 5.13. The van der Waals surface area contributed by atoms with Crippen LogP contribution >= 0.6 is 28.3 Å². The molecular weight excluding hydrogens is 410 g/mol. The molecule has 0 spiro atoms. The molecular formula is C13H19BrClN3O4S. The van der Waals surface area contributed by atoms with Gasteiger partial charge < -0.3 is 5.32 Å². The van der Waals surface area contributed by atoms with Crippen molar-refractivity contribution in [2.75, 3.05) is 19.6 Å². The van der Waals surface area contributed by atoms with Crippen LogP contribution in [0, 0.1) is 10.1 Å². The Hall–Kier alpha value is -0.740. The van der Waals surface area contributed by atoms with Gasteiger partial charge in [0, 0.05) is 29.7 Å². The van der Waals surface area contributed by atoms with Gasteiger partial charge in [0.2, 0.25) is 10.0 Å². The van der Waals surface area contributed by atoms with Crippen molar-refractivity contribution in [2.45, 2.75) is 30.7 Å². The van der Waals surface area contributed by atoms with Crippen LogP contribution in [0.2, 0.25) is 0 Å². The summed E-state index contributed by atoms with van der Waals surface area (Å²) in [4.78, 5) is 10.3. The van der Waals surface area contributed by atoms with E-state index < -0.39 is 20.6 Å². The molecule has 1 aliphatic heterocycles. The van der Waals surface area contributed by atoms with E-state index in [-0.39, 0.29) is 23.3 Å². The number of nitro groups is 1. The maximum Gasteiger partial charge on any atom is 0.289 e. The van der Waals surface area contributed by atoms with Crippen molar-refractivity contribution in [2.24, 2.45) is 0 Å². The van der Waals surface area contributed by atoms with Gasteiger partial charge >= 0.3 is 0 Å². The maximum absolute atomic E-state index is 13.0. The Kier molecular flexibility index (Phi) is 7.40. The monoisotopic (exact) mass is 427 g/mol. The van der Waals surface area contributed by atoms with Gasteiger partial charge in [0.1, 0.15) is 0 Å². The average molecular weight is 429 g/mol. The molecule has 0 aromatic heterocycles. The first-order valence-corrected chi connectivity index (χ1v) is 9.27. The minimum Gasteiger partial charge on any atom is -0.315 e. The van der Waals surface area contributed by atoms with E-state index in [1.807, 2.05) is 6.92 Å². The number of nitro benzene ring substituents is 1. The third-order valence-corrected chi connectivity index (χ3v) is 6.06. The third kappa shape index (κ3) is 4.42. The minimum absolute atomic E-state index is 0. The van der Waals surface area contributed by atoms with Crippen molar-refractivity contribution >= 4 is 44.0 Å². The lowest BCUT2D eigenvalue weighted by atomic mass is 10.2. The van der Waals surface area contributed by atoms with Gasteiger partial charge in [0.15, 0.2) is 4.90 Å². The summed E-state index contributed by atoms with van der Waals surface area (Å²) in [6.07, 6.45) is 1.36. The lowest BCUT2D eigenvalue weighted by Crippen LogP contribution is -2.42. The lowest BCUT2D eigenvalue weighted by molar-refractivity contribution is -0.387. The fraction of sp³-hybridized carbons (Fsp3) is 0.538. The Morgan fingerprint density at radius 3 is 2.70 bits per heavy atom. The van der Waals surface area contributed by atoms with E-state index in [4.69, 9.17) is 0 Å². The zero-order valence-corrected chi connectivity index (χ0v) is 15.8. The number of hydrogen-bond acceptors (Lipinski definition) is 5. The number of benzene rings is 1. The molecule has 10 heteroatoms. The molecule has 1 heterocycles. The van der Waals surface area contributed by atoms with Gasteiger partial charge in [0.25, 0.3) is 5.69 Å². The summed E-state index contributed by atoms with van der Waals surface area (Å²) in [5, 5.41) is 14.3. The summed E-state index contributed by atoms with van der Waals surface area (Å²) in [5.41, 5.74) is -0.393. The first-order valence-electron chi connectivity index (χ1n) is 7.04. The van der Waals surface area contributed by atoms with E-state index in [9.17, 15) is 18.5 Å². The standard InChI is InChI=1S/C13H18BrN3O4S.ClH/c1-2-7-16(11-5-6-15-9-11)22(20,21)13-8-10(14)3-4-12(13)17(18)19;/h3-4,8,11,15H,2,5-7,9H2,1H3;1H. The summed E-state index contributed by atoms with van der Waals surface area (Å²) in [5.74, 6) is 0. The van der Waals surface area contributed by atoms with Gasteiger partial charge in [-0.05, 0) is 31.5 Å². The molecule has 1 saturated heterocycles. The highest BCUT2D eigenvalue weighted by atomic mass is 79.9. The zero-order chi connectivity index (χ0) is 16.3. The van der Waals surface area contributed by atoms with Gasteiger partial charge in [-0.1, -0.05) is 22.9 Å². The number of nitrogens with one attached hydrogen (secondary N) is 1. The number of rotatable bonds is 6. The predicted octanol–water partition coefficient (Wildman–Crippen LogP) is 2.54. The topological polar surface area (TPSA) is 92.6 Å². The fourth-order valence-corrected chi connectivity index (χ4v) is 5.02. The Labute approximate surface area is 150 Å². The van der Waals surface area contributed by atoms with Gasteiger partial charge in [-0.15, -0.1) is 12.4 Å². The summed E-state index contributed by atoms with van der Waals surface area (Å²) in [6, 6.07) is 3.83. The quantitative estimate of drug-likeness (QED) is 0.555. The molecule has 0 amide bonds. The molecule has 1 atom stereocenters. The smallest absolute Gasteiger partial charge is 0.289 e. The van der Waals surface area contributed by atoms with Crippen LogP contribution in [0.3, 0.4) is 0 Å². The summed E-state index contributed by atoms with van der Waals surface area (Å²) in [7, 11) is -3.92. The van der Waals surface area contributed by atoms with Crippen LogP contribution in [0.15, 0.2) is 27.6 Å². The number of nitrogens with zero attached hydrogens (tertiary/aromatic N) is 2. The maximum atomic E-state index is 13.0. The van der Waals surface area contributed by atoms with E-state index in [0.717, 1.165) is 6.54 Å². The molecule has 1 unspecified atom stereocenters. The molecule has 0 bridgehead atoms. The van der Waals surface area contributed by atoms with E-state index in [1.165, 1.54) is 22.5 Å². The highest BCUT2D eigenvalue weighted by molar-refractivity contribution is 9.10. The normalized spacial score (nSPS) is 18.0. The first kappa shape index (κ1) is 20.3. The van der Waals surface area contributed by atoms with E-state index in [0.29, 0.717) is 30.4 Å². The number of halogens is 2. The zero-order valence-electron chi connectivity index (χ0n) is 12.6. The molecule has 0 saturated carbocycles. The molecule has 2 rings (SSSR count). The fourth-order valence-electron chi connectivity index (χ4n) is 2.58. The molecule has 1 aromatic carbocycles. The Morgan fingerprint density at radius 1 is 1.48 bits per heavy atom. The Bertz CT molecular complexity index is 665. The first-order chi connectivity index (χ1) is 10.4. The third-order valence-electron chi connectivity index (χ3n) is 3.59. The van der Waals surface area contributed by atoms with Crippen LogP contribution in [0.5, 0.6) is 0 Å². The van der Waals surface area contributed by atoms with E-state index >= 15 is 0 Å². The molecule has 1 aromatic rings. The largest absolute Gasteiger partial charge is 0.315 e. The van der Waals surface area contributed by atoms with Crippen LogP contribution in [0.4, 0.5) is 5.69 Å². The molecule has 130 valence electrons. The summed E-state index contributed by atoms with van der Waals surface area (Å²) < 4.78 is 27.8. The van der Waals surface area contributed by atoms with Crippen LogP contribution in [-0.4, -0.2) is 43.3 Å². The molecule has 1 N–H and O–H groups in total. The number of sulfonamides is 1. The van der Waals surface area contributed by atoms with E-state index in [2.05, 4.69) is 21.2 Å². The molecule has 7 nitrogen and oxygen atoms in total. The molecule has 0 aliphatic carbocycles. The average Bonchev–Trinajstić information content (AvgIpc) is 2.97. The van der Waals surface area contributed by atoms with Crippen LogP contribution in [-0.2, 0) is 10.0 Å². The van der Waals surface area contributed by atoms with Crippen molar-refractivity contribution in [1.29, 1.82) is 0 Å². The van der Waals surface area contributed by atoms with Crippen molar-refractivity contribution in [3.05, 3.63) is 32.8 Å². The van der Waals surface area contributed by atoms with Crippen molar-refractivity contribution in [3.8, 4) is 0 Å². The second kappa shape index (κ2) is 8.39. The summed E-state index contributed by atoms with van der Waals surface area (Å²) in [6.45, 7) is 3.56. The molecule has 23 heavy (non-hydrogen) atoms. The summed E-state index contributed by atoms with van der Waals surface area (Å²) >= 11 is 3.19. The molecule has 0 radical (unpaired) electrons. The van der Waals surface area contributed by atoms with Crippen LogP contribution in [0.1, 0.15) is 19.8 Å². The van der Waals surface area contributed by atoms with Gasteiger partial charge in [-0.25, -0.2) is 8.42 Å². The van der Waals surface area contributed by atoms with Crippen LogP contribution in [0.25, 0.3) is 0 Å².